The SMILES string of the molecule is N#Cc1ccc(-c2cccc(COC(=O)c3cnc4c(F)cccc4c3)c2)cn1. The zero-order valence-corrected chi connectivity index (χ0v) is 15.2. The molecule has 4 rings (SSSR count). The lowest BCUT2D eigenvalue weighted by atomic mass is 10.0. The summed E-state index contributed by atoms with van der Waals surface area (Å²) in [5.74, 6) is -0.967. The van der Waals surface area contributed by atoms with E-state index in [-0.39, 0.29) is 17.7 Å². The Hall–Kier alpha value is -4.11. The van der Waals surface area contributed by atoms with Gasteiger partial charge in [-0.2, -0.15) is 5.26 Å². The van der Waals surface area contributed by atoms with Crippen LogP contribution in [0.25, 0.3) is 22.0 Å². The van der Waals surface area contributed by atoms with Crippen molar-refractivity contribution in [1.82, 2.24) is 9.97 Å². The number of carbonyl (C=O) groups excluding carboxylic acids is 1. The van der Waals surface area contributed by atoms with Gasteiger partial charge in [-0.1, -0.05) is 30.3 Å². The highest BCUT2D eigenvalue weighted by molar-refractivity contribution is 5.93. The average molecular weight is 383 g/mol. The van der Waals surface area contributed by atoms with Gasteiger partial charge < -0.3 is 4.74 Å². The van der Waals surface area contributed by atoms with Gasteiger partial charge in [-0.05, 0) is 41.5 Å². The van der Waals surface area contributed by atoms with Crippen molar-refractivity contribution in [2.45, 2.75) is 6.61 Å². The highest BCUT2D eigenvalue weighted by Gasteiger charge is 2.11. The Morgan fingerprint density at radius 3 is 2.66 bits per heavy atom. The number of nitriles is 1. The molecule has 2 aromatic heterocycles. The van der Waals surface area contributed by atoms with Crippen molar-refractivity contribution < 1.29 is 13.9 Å². The Balaban J connectivity index is 1.49. The Kier molecular flexibility index (Phi) is 4.95. The number of aromatic nitrogens is 2. The lowest BCUT2D eigenvalue weighted by Gasteiger charge is -2.08. The molecule has 2 aromatic carbocycles. The molecule has 2 heterocycles. The zero-order chi connectivity index (χ0) is 20.2. The Bertz CT molecular complexity index is 1250. The fourth-order valence-electron chi connectivity index (χ4n) is 2.94. The van der Waals surface area contributed by atoms with E-state index in [1.54, 1.807) is 30.5 Å². The predicted molar refractivity (Wildman–Crippen MR) is 105 cm³/mol. The van der Waals surface area contributed by atoms with E-state index in [1.807, 2.05) is 36.4 Å². The number of pyridine rings is 2. The third kappa shape index (κ3) is 3.94. The summed E-state index contributed by atoms with van der Waals surface area (Å²) in [5.41, 5.74) is 3.39. The molecule has 29 heavy (non-hydrogen) atoms. The summed E-state index contributed by atoms with van der Waals surface area (Å²) in [6.07, 6.45) is 2.94. The molecule has 0 N–H and O–H groups in total. The molecule has 0 aliphatic rings. The molecular formula is C23H14FN3O2. The summed E-state index contributed by atoms with van der Waals surface area (Å²) in [6, 6.07) is 19.1. The van der Waals surface area contributed by atoms with Gasteiger partial charge in [0, 0.05) is 23.3 Å². The van der Waals surface area contributed by atoms with Crippen LogP contribution in [0.2, 0.25) is 0 Å². The lowest BCUT2D eigenvalue weighted by Crippen LogP contribution is -2.06. The fraction of sp³-hybridized carbons (Fsp3) is 0.0435. The normalized spacial score (nSPS) is 10.5. The van der Waals surface area contributed by atoms with E-state index in [0.717, 1.165) is 16.7 Å². The number of rotatable bonds is 4. The van der Waals surface area contributed by atoms with Gasteiger partial charge in [-0.3, -0.25) is 4.98 Å². The molecule has 0 fully saturated rings. The molecule has 0 aliphatic heterocycles. The number of nitrogens with zero attached hydrogens (tertiary/aromatic N) is 3. The second-order valence-corrected chi connectivity index (χ2v) is 6.36. The summed E-state index contributed by atoms with van der Waals surface area (Å²) in [4.78, 5) is 20.5. The Labute approximate surface area is 166 Å². The first-order valence-electron chi connectivity index (χ1n) is 8.81. The summed E-state index contributed by atoms with van der Waals surface area (Å²) in [7, 11) is 0. The van der Waals surface area contributed by atoms with E-state index in [4.69, 9.17) is 10.00 Å². The van der Waals surface area contributed by atoms with Gasteiger partial charge in [0.15, 0.2) is 0 Å². The van der Waals surface area contributed by atoms with E-state index >= 15 is 0 Å². The fourth-order valence-corrected chi connectivity index (χ4v) is 2.94. The maximum atomic E-state index is 13.7. The highest BCUT2D eigenvalue weighted by atomic mass is 19.1. The molecule has 0 bridgehead atoms. The van der Waals surface area contributed by atoms with Crippen LogP contribution in [-0.2, 0) is 11.3 Å². The van der Waals surface area contributed by atoms with Gasteiger partial charge in [-0.25, -0.2) is 14.2 Å². The van der Waals surface area contributed by atoms with Crippen LogP contribution in [0.4, 0.5) is 4.39 Å². The molecule has 0 unspecified atom stereocenters. The highest BCUT2D eigenvalue weighted by Crippen LogP contribution is 2.21. The zero-order valence-electron chi connectivity index (χ0n) is 15.2. The van der Waals surface area contributed by atoms with Crippen LogP contribution in [0.5, 0.6) is 0 Å². The molecule has 0 saturated carbocycles. The van der Waals surface area contributed by atoms with Crippen molar-refractivity contribution in [3.8, 4) is 17.2 Å². The van der Waals surface area contributed by atoms with Gasteiger partial charge in [0.1, 0.15) is 29.7 Å². The van der Waals surface area contributed by atoms with Crippen LogP contribution in [0, 0.1) is 17.1 Å². The molecule has 0 saturated heterocycles. The Morgan fingerprint density at radius 1 is 1.00 bits per heavy atom. The van der Waals surface area contributed by atoms with Gasteiger partial charge in [-0.15, -0.1) is 0 Å². The van der Waals surface area contributed by atoms with E-state index in [9.17, 15) is 9.18 Å². The van der Waals surface area contributed by atoms with Crippen LogP contribution in [0.1, 0.15) is 21.6 Å². The third-order valence-electron chi connectivity index (χ3n) is 4.41. The minimum absolute atomic E-state index is 0.0809. The van der Waals surface area contributed by atoms with Crippen LogP contribution >= 0.6 is 0 Å². The van der Waals surface area contributed by atoms with E-state index in [1.165, 1.54) is 12.3 Å². The summed E-state index contributed by atoms with van der Waals surface area (Å²) < 4.78 is 19.1. The van der Waals surface area contributed by atoms with Gasteiger partial charge in [0.05, 0.1) is 5.56 Å². The summed E-state index contributed by atoms with van der Waals surface area (Å²) in [5, 5.41) is 9.38. The number of hydrogen-bond acceptors (Lipinski definition) is 5. The van der Waals surface area contributed by atoms with Crippen molar-refractivity contribution in [1.29, 1.82) is 5.26 Å². The van der Waals surface area contributed by atoms with E-state index in [2.05, 4.69) is 9.97 Å². The first-order chi connectivity index (χ1) is 14.1. The quantitative estimate of drug-likeness (QED) is 0.479. The predicted octanol–water partition coefficient (Wildman–Crippen LogP) is 4.66. The second kappa shape index (κ2) is 7.87. The molecule has 0 spiro atoms. The van der Waals surface area contributed by atoms with Crippen LogP contribution < -0.4 is 0 Å². The largest absolute Gasteiger partial charge is 0.457 e. The minimum atomic E-state index is -0.533. The maximum absolute atomic E-state index is 13.7. The van der Waals surface area contributed by atoms with Crippen LogP contribution in [0.3, 0.4) is 0 Å². The minimum Gasteiger partial charge on any atom is -0.457 e. The second-order valence-electron chi connectivity index (χ2n) is 6.36. The van der Waals surface area contributed by atoms with Crippen molar-refractivity contribution in [3.05, 3.63) is 95.7 Å². The molecule has 140 valence electrons. The number of hydrogen-bond donors (Lipinski definition) is 0. The molecule has 5 nitrogen and oxygen atoms in total. The average Bonchev–Trinajstić information content (AvgIpc) is 2.77. The number of para-hydroxylation sites is 1. The molecular weight excluding hydrogens is 369 g/mol. The van der Waals surface area contributed by atoms with Crippen molar-refractivity contribution >= 4 is 16.9 Å². The molecule has 4 aromatic rings. The van der Waals surface area contributed by atoms with Gasteiger partial charge >= 0.3 is 5.97 Å². The molecule has 0 amide bonds. The van der Waals surface area contributed by atoms with Gasteiger partial charge in [0.25, 0.3) is 0 Å². The number of benzene rings is 2. The summed E-state index contributed by atoms with van der Waals surface area (Å²) in [6.45, 7) is 0.0809. The first-order valence-corrected chi connectivity index (χ1v) is 8.81. The van der Waals surface area contributed by atoms with Gasteiger partial charge in [0.2, 0.25) is 0 Å². The Morgan fingerprint density at radius 2 is 1.86 bits per heavy atom. The standard InChI is InChI=1S/C23H14FN3O2/c24-21-6-2-5-17-10-19(13-27-22(17)21)23(28)29-14-15-3-1-4-16(9-15)18-7-8-20(11-25)26-12-18/h1-10,12-13H,14H2. The first kappa shape index (κ1) is 18.3. The maximum Gasteiger partial charge on any atom is 0.340 e. The monoisotopic (exact) mass is 383 g/mol. The number of carbonyl (C=O) groups is 1. The van der Waals surface area contributed by atoms with Crippen LogP contribution in [-0.4, -0.2) is 15.9 Å². The number of ether oxygens (including phenoxy) is 1. The number of halogens is 1. The smallest absolute Gasteiger partial charge is 0.340 e. The van der Waals surface area contributed by atoms with Crippen molar-refractivity contribution in [2.75, 3.05) is 0 Å². The lowest BCUT2D eigenvalue weighted by molar-refractivity contribution is 0.0472. The molecule has 0 radical (unpaired) electrons. The molecule has 6 heteroatoms. The topological polar surface area (TPSA) is 75.9 Å². The molecule has 0 aliphatic carbocycles. The number of fused-ring (bicyclic) bond motifs is 1. The molecule has 0 atom stereocenters. The van der Waals surface area contributed by atoms with E-state index < -0.39 is 11.8 Å². The summed E-state index contributed by atoms with van der Waals surface area (Å²) >= 11 is 0. The third-order valence-corrected chi connectivity index (χ3v) is 4.41. The van der Waals surface area contributed by atoms with Crippen molar-refractivity contribution in [3.63, 3.8) is 0 Å². The van der Waals surface area contributed by atoms with Crippen molar-refractivity contribution in [2.24, 2.45) is 0 Å². The van der Waals surface area contributed by atoms with Crippen LogP contribution in [0.15, 0.2) is 73.1 Å². The van der Waals surface area contributed by atoms with E-state index in [0.29, 0.717) is 11.1 Å². The number of esters is 1.